The molecule has 2 atom stereocenters. The van der Waals surface area contributed by atoms with E-state index in [4.69, 9.17) is 32.4 Å². The number of carbonyl (C=O) groups is 1. The van der Waals surface area contributed by atoms with Crippen LogP contribution in [0.25, 0.3) is 5.57 Å². The van der Waals surface area contributed by atoms with Crippen molar-refractivity contribution in [2.45, 2.75) is 33.6 Å². The number of allylic oxidation sites excluding steroid dienone is 2. The van der Waals surface area contributed by atoms with Crippen LogP contribution in [0.5, 0.6) is 0 Å². The molecule has 148 valence electrons. The first-order valence-corrected chi connectivity index (χ1v) is 9.69. The van der Waals surface area contributed by atoms with Gasteiger partial charge in [0, 0.05) is 22.9 Å². The van der Waals surface area contributed by atoms with E-state index in [1.165, 1.54) is 6.39 Å². The summed E-state index contributed by atoms with van der Waals surface area (Å²) in [5.41, 5.74) is 2.63. The summed E-state index contributed by atoms with van der Waals surface area (Å²) >= 11 is 12.8. The smallest absolute Gasteiger partial charge is 0.315 e. The van der Waals surface area contributed by atoms with E-state index in [0.717, 1.165) is 0 Å². The summed E-state index contributed by atoms with van der Waals surface area (Å²) in [6.07, 6.45) is 1.24. The number of benzene rings is 1. The van der Waals surface area contributed by atoms with E-state index in [9.17, 15) is 4.79 Å². The third-order valence-corrected chi connectivity index (χ3v) is 5.38. The molecule has 1 aliphatic rings. The Balaban J connectivity index is 2.17. The molecule has 0 saturated carbocycles. The second-order valence-electron chi connectivity index (χ2n) is 7.12. The zero-order valence-corrected chi connectivity index (χ0v) is 17.6. The highest BCUT2D eigenvalue weighted by Crippen LogP contribution is 2.47. The number of ether oxygens (including phenoxy) is 1. The summed E-state index contributed by atoms with van der Waals surface area (Å²) in [5, 5.41) is 8.58. The Morgan fingerprint density at radius 3 is 2.68 bits per heavy atom. The lowest BCUT2D eigenvalue weighted by Gasteiger charge is -2.32. The van der Waals surface area contributed by atoms with Gasteiger partial charge >= 0.3 is 5.97 Å². The number of aliphatic imine (C=N–C) groups is 1. The Morgan fingerprint density at radius 2 is 2.04 bits per heavy atom. The molecule has 2 heterocycles. The van der Waals surface area contributed by atoms with Crippen LogP contribution in [0.15, 0.2) is 39.7 Å². The summed E-state index contributed by atoms with van der Waals surface area (Å²) < 4.78 is 11.0. The highest BCUT2D eigenvalue weighted by atomic mass is 35.5. The number of aromatic nitrogens is 2. The molecule has 1 aliphatic heterocycles. The Morgan fingerprint density at radius 1 is 1.29 bits per heavy atom. The SMILES string of the molecule is CC1=NC(C)=C(c2nnco2)C(c2cccc(Cl)c2Cl)C1C(=O)OCC(C)C. The van der Waals surface area contributed by atoms with Crippen molar-refractivity contribution >= 4 is 40.5 Å². The fraction of sp³-hybridized carbons (Fsp3) is 0.400. The third-order valence-electron chi connectivity index (χ3n) is 4.55. The lowest BCUT2D eigenvalue weighted by atomic mass is 9.75. The maximum absolute atomic E-state index is 13.0. The summed E-state index contributed by atoms with van der Waals surface area (Å²) in [7, 11) is 0. The molecular formula is C20H21Cl2N3O3. The van der Waals surface area contributed by atoms with Crippen molar-refractivity contribution in [1.82, 2.24) is 10.2 Å². The van der Waals surface area contributed by atoms with E-state index in [-0.39, 0.29) is 17.8 Å². The molecule has 1 aromatic carbocycles. The molecule has 0 bridgehead atoms. The first-order chi connectivity index (χ1) is 13.3. The number of rotatable bonds is 5. The van der Waals surface area contributed by atoms with Gasteiger partial charge in [0.25, 0.3) is 0 Å². The Bertz CT molecular complexity index is 936. The van der Waals surface area contributed by atoms with E-state index < -0.39 is 11.8 Å². The van der Waals surface area contributed by atoms with Gasteiger partial charge in [0.1, 0.15) is 5.92 Å². The van der Waals surface area contributed by atoms with Crippen molar-refractivity contribution in [3.05, 3.63) is 51.8 Å². The number of hydrogen-bond donors (Lipinski definition) is 0. The molecule has 8 heteroatoms. The fourth-order valence-corrected chi connectivity index (χ4v) is 3.77. The summed E-state index contributed by atoms with van der Waals surface area (Å²) in [6, 6.07) is 5.33. The highest BCUT2D eigenvalue weighted by molar-refractivity contribution is 6.42. The molecule has 6 nitrogen and oxygen atoms in total. The first-order valence-electron chi connectivity index (χ1n) is 8.94. The standard InChI is InChI=1S/C20H21Cl2N3O3/c1-10(2)8-27-20(26)16-12(4)24-11(3)15(19-25-23-9-28-19)17(16)13-6-5-7-14(21)18(13)22/h5-7,9-10,16-17H,8H2,1-4H3. The number of hydrogen-bond acceptors (Lipinski definition) is 6. The zero-order chi connectivity index (χ0) is 20.4. The van der Waals surface area contributed by atoms with E-state index in [2.05, 4.69) is 15.2 Å². The number of halogens is 2. The van der Waals surface area contributed by atoms with Gasteiger partial charge in [-0.3, -0.25) is 9.79 Å². The molecule has 0 aliphatic carbocycles. The molecule has 0 N–H and O–H groups in total. The molecule has 3 rings (SSSR count). The number of nitrogens with zero attached hydrogens (tertiary/aromatic N) is 3. The molecule has 1 aromatic heterocycles. The second-order valence-corrected chi connectivity index (χ2v) is 7.90. The predicted octanol–water partition coefficient (Wildman–Crippen LogP) is 5.18. The van der Waals surface area contributed by atoms with Crippen molar-refractivity contribution in [3.8, 4) is 0 Å². The summed E-state index contributed by atoms with van der Waals surface area (Å²) in [6.45, 7) is 7.92. The predicted molar refractivity (Wildman–Crippen MR) is 108 cm³/mol. The van der Waals surface area contributed by atoms with Crippen LogP contribution in [0.1, 0.15) is 45.1 Å². The van der Waals surface area contributed by atoms with Gasteiger partial charge in [0.15, 0.2) is 0 Å². The van der Waals surface area contributed by atoms with Crippen LogP contribution in [0.4, 0.5) is 0 Å². The first kappa shape index (κ1) is 20.6. The molecular weight excluding hydrogens is 401 g/mol. The van der Waals surface area contributed by atoms with Gasteiger partial charge < -0.3 is 9.15 Å². The molecule has 0 fully saturated rings. The molecule has 2 aromatic rings. The second kappa shape index (κ2) is 8.45. The van der Waals surface area contributed by atoms with Crippen LogP contribution in [0.2, 0.25) is 10.0 Å². The number of esters is 1. The van der Waals surface area contributed by atoms with Crippen LogP contribution < -0.4 is 0 Å². The van der Waals surface area contributed by atoms with E-state index in [1.807, 2.05) is 26.8 Å². The Hall–Kier alpha value is -2.18. The van der Waals surface area contributed by atoms with Gasteiger partial charge in [-0.25, -0.2) is 0 Å². The number of carbonyl (C=O) groups excluding carboxylic acids is 1. The van der Waals surface area contributed by atoms with E-state index in [0.29, 0.717) is 39.2 Å². The van der Waals surface area contributed by atoms with Crippen LogP contribution >= 0.6 is 23.2 Å². The molecule has 0 saturated heterocycles. The quantitative estimate of drug-likeness (QED) is 0.621. The molecule has 28 heavy (non-hydrogen) atoms. The van der Waals surface area contributed by atoms with Crippen LogP contribution in [0, 0.1) is 11.8 Å². The fourth-order valence-electron chi connectivity index (χ4n) is 3.35. The van der Waals surface area contributed by atoms with E-state index in [1.54, 1.807) is 19.1 Å². The van der Waals surface area contributed by atoms with Gasteiger partial charge in [0.05, 0.1) is 16.7 Å². The maximum Gasteiger partial charge on any atom is 0.315 e. The lowest BCUT2D eigenvalue weighted by Crippen LogP contribution is -2.34. The van der Waals surface area contributed by atoms with Crippen LogP contribution in [0.3, 0.4) is 0 Å². The van der Waals surface area contributed by atoms with Crippen LogP contribution in [-0.4, -0.2) is 28.5 Å². The molecule has 0 amide bonds. The average molecular weight is 422 g/mol. The van der Waals surface area contributed by atoms with Crippen molar-refractivity contribution < 1.29 is 13.9 Å². The monoisotopic (exact) mass is 421 g/mol. The molecule has 0 radical (unpaired) electrons. The average Bonchev–Trinajstić information content (AvgIpc) is 3.15. The van der Waals surface area contributed by atoms with Crippen molar-refractivity contribution in [2.24, 2.45) is 16.8 Å². The van der Waals surface area contributed by atoms with Crippen molar-refractivity contribution in [3.63, 3.8) is 0 Å². The van der Waals surface area contributed by atoms with Gasteiger partial charge in [-0.15, -0.1) is 10.2 Å². The highest BCUT2D eigenvalue weighted by Gasteiger charge is 2.42. The maximum atomic E-state index is 13.0. The zero-order valence-electron chi connectivity index (χ0n) is 16.1. The lowest BCUT2D eigenvalue weighted by molar-refractivity contribution is -0.147. The van der Waals surface area contributed by atoms with Crippen molar-refractivity contribution in [2.75, 3.05) is 6.61 Å². The minimum Gasteiger partial charge on any atom is -0.465 e. The minimum absolute atomic E-state index is 0.214. The third kappa shape index (κ3) is 3.98. The van der Waals surface area contributed by atoms with Gasteiger partial charge in [0.2, 0.25) is 12.3 Å². The van der Waals surface area contributed by atoms with Crippen LogP contribution in [-0.2, 0) is 9.53 Å². The summed E-state index contributed by atoms with van der Waals surface area (Å²) in [5.74, 6) is -1.06. The van der Waals surface area contributed by atoms with Gasteiger partial charge in [-0.1, -0.05) is 49.2 Å². The Labute approximate surface area is 173 Å². The van der Waals surface area contributed by atoms with E-state index >= 15 is 0 Å². The molecule has 0 spiro atoms. The topological polar surface area (TPSA) is 77.6 Å². The van der Waals surface area contributed by atoms with Gasteiger partial charge in [-0.05, 0) is 31.4 Å². The Kier molecular flexibility index (Phi) is 6.20. The van der Waals surface area contributed by atoms with Gasteiger partial charge in [-0.2, -0.15) is 0 Å². The summed E-state index contributed by atoms with van der Waals surface area (Å²) in [4.78, 5) is 17.6. The van der Waals surface area contributed by atoms with Crippen molar-refractivity contribution in [1.29, 1.82) is 0 Å². The normalized spacial score (nSPS) is 19.8. The minimum atomic E-state index is -0.680. The largest absolute Gasteiger partial charge is 0.465 e. The molecule has 2 unspecified atom stereocenters.